The molecule has 1 aliphatic rings. The van der Waals surface area contributed by atoms with E-state index in [1.165, 1.54) is 0 Å². The van der Waals surface area contributed by atoms with Crippen LogP contribution in [0.25, 0.3) is 0 Å². The molecule has 7 heteroatoms. The van der Waals surface area contributed by atoms with Gasteiger partial charge in [-0.05, 0) is 25.5 Å². The second-order valence-corrected chi connectivity index (χ2v) is 4.73. The van der Waals surface area contributed by atoms with E-state index >= 15 is 0 Å². The van der Waals surface area contributed by atoms with Crippen molar-refractivity contribution in [1.82, 2.24) is 14.7 Å². The van der Waals surface area contributed by atoms with E-state index in [-0.39, 0.29) is 6.61 Å². The van der Waals surface area contributed by atoms with Crippen LogP contribution >= 0.6 is 0 Å². The van der Waals surface area contributed by atoms with E-state index in [9.17, 15) is 13.2 Å². The number of aromatic nitrogens is 2. The van der Waals surface area contributed by atoms with Crippen molar-refractivity contribution in [2.45, 2.75) is 31.6 Å². The van der Waals surface area contributed by atoms with Gasteiger partial charge in [0.05, 0.1) is 13.2 Å². The zero-order chi connectivity index (χ0) is 13.7. The fourth-order valence-electron chi connectivity index (χ4n) is 2.39. The molecule has 1 fully saturated rings. The van der Waals surface area contributed by atoms with Crippen LogP contribution in [-0.2, 0) is 11.3 Å². The van der Waals surface area contributed by atoms with Crippen molar-refractivity contribution in [3.8, 4) is 0 Å². The van der Waals surface area contributed by atoms with Gasteiger partial charge in [0.1, 0.15) is 6.61 Å². The van der Waals surface area contributed by atoms with Gasteiger partial charge < -0.3 is 4.74 Å². The minimum atomic E-state index is -4.24. The monoisotopic (exact) mass is 277 g/mol. The molecule has 4 nitrogen and oxygen atoms in total. The average Bonchev–Trinajstić information content (AvgIpc) is 2.96. The molecule has 1 unspecified atom stereocenters. The summed E-state index contributed by atoms with van der Waals surface area (Å²) in [6.45, 7) is 1.20. The number of hydrogen-bond acceptors (Lipinski definition) is 3. The molecule has 0 bridgehead atoms. The highest BCUT2D eigenvalue weighted by Gasteiger charge is 2.28. The Morgan fingerprint density at radius 2 is 2.21 bits per heavy atom. The van der Waals surface area contributed by atoms with Crippen LogP contribution in [0.2, 0.25) is 0 Å². The van der Waals surface area contributed by atoms with Gasteiger partial charge in [-0.25, -0.2) is 0 Å². The zero-order valence-corrected chi connectivity index (χ0v) is 10.6. The van der Waals surface area contributed by atoms with Crippen LogP contribution in [0.15, 0.2) is 18.5 Å². The van der Waals surface area contributed by atoms with E-state index in [1.807, 2.05) is 16.9 Å². The second kappa shape index (κ2) is 6.38. The summed E-state index contributed by atoms with van der Waals surface area (Å²) in [5, 5.41) is 4.15. The normalized spacial score (nSPS) is 21.1. The first kappa shape index (κ1) is 14.3. The Bertz CT molecular complexity index is 367. The van der Waals surface area contributed by atoms with Crippen molar-refractivity contribution >= 4 is 0 Å². The quantitative estimate of drug-likeness (QED) is 0.744. The molecular formula is C12H18F3N3O. The van der Waals surface area contributed by atoms with E-state index in [0.717, 1.165) is 25.9 Å². The van der Waals surface area contributed by atoms with Gasteiger partial charge in [0, 0.05) is 25.0 Å². The smallest absolute Gasteiger partial charge is 0.371 e. The fraction of sp³-hybridized carbons (Fsp3) is 0.750. The van der Waals surface area contributed by atoms with Gasteiger partial charge in [-0.2, -0.15) is 18.3 Å². The van der Waals surface area contributed by atoms with Crippen LogP contribution in [0.3, 0.4) is 0 Å². The Morgan fingerprint density at radius 3 is 2.89 bits per heavy atom. The van der Waals surface area contributed by atoms with E-state index in [0.29, 0.717) is 12.6 Å². The topological polar surface area (TPSA) is 30.3 Å². The number of likely N-dealkylation sites (tertiary alicyclic amines) is 1. The standard InChI is InChI=1S/C12H18F3N3O/c13-12(14,15)10-19-8-7-17-5-1-3-11(17)9-18-6-2-4-16-18/h2,4,6,11H,1,3,5,7-10H2. The molecule has 1 aromatic rings. The highest BCUT2D eigenvalue weighted by Crippen LogP contribution is 2.19. The third-order valence-corrected chi connectivity index (χ3v) is 3.24. The number of ether oxygens (including phenoxy) is 1. The summed E-state index contributed by atoms with van der Waals surface area (Å²) in [6, 6.07) is 2.21. The summed E-state index contributed by atoms with van der Waals surface area (Å²) in [7, 11) is 0. The summed E-state index contributed by atoms with van der Waals surface area (Å²) in [5.74, 6) is 0. The third-order valence-electron chi connectivity index (χ3n) is 3.24. The molecule has 2 rings (SSSR count). The summed E-state index contributed by atoms with van der Waals surface area (Å²) in [5.41, 5.74) is 0. The molecule has 0 amide bonds. The highest BCUT2D eigenvalue weighted by atomic mass is 19.4. The number of alkyl halides is 3. The van der Waals surface area contributed by atoms with Crippen molar-refractivity contribution < 1.29 is 17.9 Å². The van der Waals surface area contributed by atoms with Crippen molar-refractivity contribution in [2.24, 2.45) is 0 Å². The van der Waals surface area contributed by atoms with Crippen molar-refractivity contribution in [1.29, 1.82) is 0 Å². The first-order chi connectivity index (χ1) is 9.04. The van der Waals surface area contributed by atoms with Gasteiger partial charge in [-0.3, -0.25) is 9.58 Å². The SMILES string of the molecule is FC(F)(F)COCCN1CCCC1Cn1cccn1. The van der Waals surface area contributed by atoms with E-state index in [4.69, 9.17) is 0 Å². The number of nitrogens with zero attached hydrogens (tertiary/aromatic N) is 3. The summed E-state index contributed by atoms with van der Waals surface area (Å²) >= 11 is 0. The molecule has 2 heterocycles. The van der Waals surface area contributed by atoms with Crippen LogP contribution in [0.1, 0.15) is 12.8 Å². The Kier molecular flexibility index (Phi) is 4.81. The Hall–Kier alpha value is -1.08. The third kappa shape index (κ3) is 4.83. The van der Waals surface area contributed by atoms with Crippen LogP contribution in [0, 0.1) is 0 Å². The molecule has 0 N–H and O–H groups in total. The molecule has 0 radical (unpaired) electrons. The lowest BCUT2D eigenvalue weighted by Crippen LogP contribution is -2.36. The highest BCUT2D eigenvalue weighted by molar-refractivity contribution is 4.83. The maximum atomic E-state index is 11.9. The van der Waals surface area contributed by atoms with Crippen LogP contribution < -0.4 is 0 Å². The molecule has 19 heavy (non-hydrogen) atoms. The summed E-state index contributed by atoms with van der Waals surface area (Å²) < 4.78 is 42.3. The van der Waals surface area contributed by atoms with Crippen LogP contribution in [-0.4, -0.2) is 53.2 Å². The summed E-state index contributed by atoms with van der Waals surface area (Å²) in [4.78, 5) is 2.18. The Morgan fingerprint density at radius 1 is 1.37 bits per heavy atom. The van der Waals surface area contributed by atoms with Gasteiger partial charge in [0.25, 0.3) is 0 Å². The van der Waals surface area contributed by atoms with Gasteiger partial charge in [-0.1, -0.05) is 0 Å². The molecule has 1 saturated heterocycles. The van der Waals surface area contributed by atoms with E-state index in [2.05, 4.69) is 14.7 Å². The maximum Gasteiger partial charge on any atom is 0.411 e. The molecule has 0 saturated carbocycles. The first-order valence-electron chi connectivity index (χ1n) is 6.40. The zero-order valence-electron chi connectivity index (χ0n) is 10.6. The molecule has 1 aromatic heterocycles. The molecular weight excluding hydrogens is 259 g/mol. The largest absolute Gasteiger partial charge is 0.411 e. The molecule has 1 atom stereocenters. The van der Waals surface area contributed by atoms with Gasteiger partial charge >= 0.3 is 6.18 Å². The van der Waals surface area contributed by atoms with Gasteiger partial charge in [0.15, 0.2) is 0 Å². The first-order valence-corrected chi connectivity index (χ1v) is 6.40. The minimum absolute atomic E-state index is 0.120. The number of hydrogen-bond donors (Lipinski definition) is 0. The number of rotatable bonds is 6. The number of halogens is 3. The lowest BCUT2D eigenvalue weighted by Gasteiger charge is -2.24. The molecule has 0 spiro atoms. The predicted molar refractivity (Wildman–Crippen MR) is 63.7 cm³/mol. The lowest BCUT2D eigenvalue weighted by molar-refractivity contribution is -0.174. The molecule has 1 aliphatic heterocycles. The fourth-order valence-corrected chi connectivity index (χ4v) is 2.39. The van der Waals surface area contributed by atoms with Gasteiger partial charge in [-0.15, -0.1) is 0 Å². The second-order valence-electron chi connectivity index (χ2n) is 4.73. The molecule has 0 aliphatic carbocycles. The maximum absolute atomic E-state index is 11.9. The average molecular weight is 277 g/mol. The lowest BCUT2D eigenvalue weighted by atomic mass is 10.2. The van der Waals surface area contributed by atoms with E-state index in [1.54, 1.807) is 6.20 Å². The Balaban J connectivity index is 1.70. The van der Waals surface area contributed by atoms with Gasteiger partial charge in [0.2, 0.25) is 0 Å². The molecule has 108 valence electrons. The van der Waals surface area contributed by atoms with Crippen LogP contribution in [0.5, 0.6) is 0 Å². The predicted octanol–water partition coefficient (Wildman–Crippen LogP) is 1.93. The van der Waals surface area contributed by atoms with Crippen molar-refractivity contribution in [3.05, 3.63) is 18.5 Å². The summed E-state index contributed by atoms with van der Waals surface area (Å²) in [6.07, 6.45) is 1.52. The van der Waals surface area contributed by atoms with Crippen LogP contribution in [0.4, 0.5) is 13.2 Å². The Labute approximate surface area is 110 Å². The minimum Gasteiger partial charge on any atom is -0.371 e. The molecule has 0 aromatic carbocycles. The van der Waals surface area contributed by atoms with Crippen molar-refractivity contribution in [2.75, 3.05) is 26.3 Å². The van der Waals surface area contributed by atoms with Crippen molar-refractivity contribution in [3.63, 3.8) is 0 Å². The van der Waals surface area contributed by atoms with E-state index < -0.39 is 12.8 Å².